The zero-order valence-corrected chi connectivity index (χ0v) is 15.8. The lowest BCUT2D eigenvalue weighted by molar-refractivity contribution is 0.110. The maximum Gasteiger partial charge on any atom is 0.170 e. The highest BCUT2D eigenvalue weighted by molar-refractivity contribution is 7.80. The Kier molecular flexibility index (Phi) is 6.56. The van der Waals surface area contributed by atoms with Gasteiger partial charge in [-0.25, -0.2) is 0 Å². The average molecular weight is 390 g/mol. The summed E-state index contributed by atoms with van der Waals surface area (Å²) in [6.45, 7) is 1.48. The number of ether oxygens (including phenoxy) is 4. The summed E-state index contributed by atoms with van der Waals surface area (Å²) in [6.07, 6.45) is -0.716. The van der Waals surface area contributed by atoms with Gasteiger partial charge in [-0.2, -0.15) is 0 Å². The molecule has 3 N–H and O–H groups in total. The first-order valence-electron chi connectivity index (χ1n) is 8.53. The van der Waals surface area contributed by atoms with E-state index >= 15 is 0 Å². The SMILES string of the molecule is COc1ccc(OC[C@@H](O)CNC(=S)Nc2ccc3c(c2)OCCO3)cc1. The number of hydrogen-bond acceptors (Lipinski definition) is 6. The minimum atomic E-state index is -0.716. The number of methoxy groups -OCH3 is 1. The van der Waals surface area contributed by atoms with Crippen molar-refractivity contribution in [2.24, 2.45) is 0 Å². The number of hydrogen-bond donors (Lipinski definition) is 3. The molecule has 0 saturated heterocycles. The average Bonchev–Trinajstić information content (AvgIpc) is 2.71. The molecule has 1 aliphatic heterocycles. The molecule has 144 valence electrons. The van der Waals surface area contributed by atoms with Crippen molar-refractivity contribution in [1.82, 2.24) is 5.32 Å². The standard InChI is InChI=1S/C19H22N2O5S/c1-23-15-3-5-16(6-4-15)26-12-14(22)11-20-19(27)21-13-2-7-17-18(10-13)25-9-8-24-17/h2-7,10,14,22H,8-9,11-12H2,1H3,(H2,20,21,27)/t14-/m0/s1. The van der Waals surface area contributed by atoms with Crippen LogP contribution in [0.25, 0.3) is 0 Å². The first-order valence-corrected chi connectivity index (χ1v) is 8.94. The lowest BCUT2D eigenvalue weighted by Crippen LogP contribution is -2.37. The zero-order chi connectivity index (χ0) is 19.1. The third-order valence-electron chi connectivity index (χ3n) is 3.80. The van der Waals surface area contributed by atoms with Crippen LogP contribution in [-0.2, 0) is 0 Å². The number of nitrogens with one attached hydrogen (secondary N) is 2. The number of rotatable bonds is 7. The van der Waals surface area contributed by atoms with Crippen LogP contribution in [-0.4, -0.2) is 49.8 Å². The Bertz CT molecular complexity index is 769. The summed E-state index contributed by atoms with van der Waals surface area (Å²) < 4.78 is 21.7. The molecular weight excluding hydrogens is 368 g/mol. The molecule has 1 aliphatic rings. The van der Waals surface area contributed by atoms with E-state index in [1.54, 1.807) is 31.4 Å². The summed E-state index contributed by atoms with van der Waals surface area (Å²) >= 11 is 5.25. The molecule has 8 heteroatoms. The normalized spacial score (nSPS) is 13.4. The predicted molar refractivity (Wildman–Crippen MR) is 106 cm³/mol. The van der Waals surface area contributed by atoms with Gasteiger partial charge in [0.2, 0.25) is 0 Å². The molecule has 27 heavy (non-hydrogen) atoms. The van der Waals surface area contributed by atoms with Crippen molar-refractivity contribution in [3.05, 3.63) is 42.5 Å². The molecule has 7 nitrogen and oxygen atoms in total. The summed E-state index contributed by atoms with van der Waals surface area (Å²) in [5.74, 6) is 2.81. The smallest absolute Gasteiger partial charge is 0.170 e. The molecule has 1 atom stereocenters. The van der Waals surface area contributed by atoms with Gasteiger partial charge in [0.15, 0.2) is 16.6 Å². The number of aliphatic hydroxyl groups is 1. The highest BCUT2D eigenvalue weighted by atomic mass is 32.1. The molecule has 0 unspecified atom stereocenters. The van der Waals surface area contributed by atoms with Crippen molar-refractivity contribution in [3.63, 3.8) is 0 Å². The van der Waals surface area contributed by atoms with E-state index in [0.717, 1.165) is 17.2 Å². The van der Waals surface area contributed by atoms with E-state index in [1.807, 2.05) is 18.2 Å². The number of thiocarbonyl (C=S) groups is 1. The maximum absolute atomic E-state index is 10.0. The Labute approximate surface area is 163 Å². The largest absolute Gasteiger partial charge is 0.497 e. The van der Waals surface area contributed by atoms with Crippen LogP contribution in [0.3, 0.4) is 0 Å². The first kappa shape index (κ1) is 19.1. The molecule has 0 saturated carbocycles. The summed E-state index contributed by atoms with van der Waals surface area (Å²) in [5, 5.41) is 16.5. The van der Waals surface area contributed by atoms with Crippen molar-refractivity contribution in [3.8, 4) is 23.0 Å². The van der Waals surface area contributed by atoms with E-state index in [2.05, 4.69) is 10.6 Å². The van der Waals surface area contributed by atoms with Crippen LogP contribution in [0.1, 0.15) is 0 Å². The van der Waals surface area contributed by atoms with Crippen LogP contribution >= 0.6 is 12.2 Å². The van der Waals surface area contributed by atoms with Gasteiger partial charge in [0.25, 0.3) is 0 Å². The molecule has 1 heterocycles. The van der Waals surface area contributed by atoms with Gasteiger partial charge in [0, 0.05) is 18.3 Å². The van der Waals surface area contributed by atoms with Crippen molar-refractivity contribution >= 4 is 23.0 Å². The Morgan fingerprint density at radius 3 is 2.56 bits per heavy atom. The number of aliphatic hydroxyl groups excluding tert-OH is 1. The summed E-state index contributed by atoms with van der Waals surface area (Å²) in [4.78, 5) is 0. The monoisotopic (exact) mass is 390 g/mol. The second-order valence-electron chi connectivity index (χ2n) is 5.83. The second-order valence-corrected chi connectivity index (χ2v) is 6.24. The Hall–Kier alpha value is -2.71. The van der Waals surface area contributed by atoms with E-state index in [-0.39, 0.29) is 13.2 Å². The molecule has 2 aromatic carbocycles. The quantitative estimate of drug-likeness (QED) is 0.621. The van der Waals surface area contributed by atoms with E-state index in [1.165, 1.54) is 0 Å². The minimum Gasteiger partial charge on any atom is -0.497 e. The fourth-order valence-corrected chi connectivity index (χ4v) is 2.63. The Morgan fingerprint density at radius 2 is 1.81 bits per heavy atom. The molecule has 0 radical (unpaired) electrons. The van der Waals surface area contributed by atoms with Crippen LogP contribution in [0, 0.1) is 0 Å². The van der Waals surface area contributed by atoms with Gasteiger partial charge in [0.1, 0.15) is 37.4 Å². The second kappa shape index (κ2) is 9.29. The number of benzene rings is 2. The van der Waals surface area contributed by atoms with Gasteiger partial charge in [0.05, 0.1) is 7.11 Å². The molecule has 2 aromatic rings. The Balaban J connectivity index is 1.40. The lowest BCUT2D eigenvalue weighted by Gasteiger charge is -2.20. The van der Waals surface area contributed by atoms with Gasteiger partial charge in [-0.3, -0.25) is 0 Å². The van der Waals surface area contributed by atoms with Gasteiger partial charge < -0.3 is 34.7 Å². The van der Waals surface area contributed by atoms with Gasteiger partial charge in [-0.15, -0.1) is 0 Å². The fourth-order valence-electron chi connectivity index (χ4n) is 2.43. The summed E-state index contributed by atoms with van der Waals surface area (Å²) in [7, 11) is 1.60. The van der Waals surface area contributed by atoms with Crippen LogP contribution in [0.4, 0.5) is 5.69 Å². The molecule has 0 aliphatic carbocycles. The van der Waals surface area contributed by atoms with Crippen LogP contribution in [0.2, 0.25) is 0 Å². The molecule has 0 aromatic heterocycles. The highest BCUT2D eigenvalue weighted by Crippen LogP contribution is 2.32. The molecular formula is C19H22N2O5S. The minimum absolute atomic E-state index is 0.145. The van der Waals surface area contributed by atoms with Crippen LogP contribution in [0.5, 0.6) is 23.0 Å². The lowest BCUT2D eigenvalue weighted by atomic mass is 10.2. The number of anilines is 1. The van der Waals surface area contributed by atoms with Gasteiger partial charge >= 0.3 is 0 Å². The predicted octanol–water partition coefficient (Wildman–Crippen LogP) is 2.19. The summed E-state index contributed by atoms with van der Waals surface area (Å²) in [5.41, 5.74) is 0.778. The zero-order valence-electron chi connectivity index (χ0n) is 14.9. The Morgan fingerprint density at radius 1 is 1.11 bits per heavy atom. The van der Waals surface area contributed by atoms with Crippen molar-refractivity contribution in [1.29, 1.82) is 0 Å². The van der Waals surface area contributed by atoms with E-state index in [9.17, 15) is 5.11 Å². The highest BCUT2D eigenvalue weighted by Gasteiger charge is 2.12. The third kappa shape index (κ3) is 5.63. The van der Waals surface area contributed by atoms with Gasteiger partial charge in [-0.1, -0.05) is 0 Å². The summed E-state index contributed by atoms with van der Waals surface area (Å²) in [6, 6.07) is 12.7. The van der Waals surface area contributed by atoms with Crippen molar-refractivity contribution in [2.75, 3.05) is 38.8 Å². The fraction of sp³-hybridized carbons (Fsp3) is 0.316. The van der Waals surface area contributed by atoms with E-state index in [4.69, 9.17) is 31.2 Å². The molecule has 0 fully saturated rings. The van der Waals surface area contributed by atoms with Crippen LogP contribution < -0.4 is 29.6 Å². The topological polar surface area (TPSA) is 81.2 Å². The maximum atomic E-state index is 10.0. The van der Waals surface area contributed by atoms with Gasteiger partial charge in [-0.05, 0) is 48.6 Å². The molecule has 0 amide bonds. The van der Waals surface area contributed by atoms with Crippen molar-refractivity contribution < 1.29 is 24.1 Å². The molecule has 3 rings (SSSR count). The molecule has 0 spiro atoms. The molecule has 0 bridgehead atoms. The van der Waals surface area contributed by atoms with Crippen LogP contribution in [0.15, 0.2) is 42.5 Å². The third-order valence-corrected chi connectivity index (χ3v) is 4.05. The van der Waals surface area contributed by atoms with E-state index in [0.29, 0.717) is 29.8 Å². The van der Waals surface area contributed by atoms with Crippen molar-refractivity contribution in [2.45, 2.75) is 6.10 Å². The van der Waals surface area contributed by atoms with E-state index < -0.39 is 6.10 Å². The number of fused-ring (bicyclic) bond motifs is 1. The first-order chi connectivity index (χ1) is 13.1.